The van der Waals surface area contributed by atoms with Crippen LogP contribution in [0.5, 0.6) is 0 Å². The summed E-state index contributed by atoms with van der Waals surface area (Å²) in [6, 6.07) is 0. The van der Waals surface area contributed by atoms with Gasteiger partial charge in [0.05, 0.1) is 0 Å². The third-order valence-electron chi connectivity index (χ3n) is 8.32. The molecule has 0 aromatic rings. The second kappa shape index (κ2) is 24.2. The van der Waals surface area contributed by atoms with Gasteiger partial charge in [0.15, 0.2) is 0 Å². The van der Waals surface area contributed by atoms with Gasteiger partial charge in [-0.2, -0.15) is 0 Å². The van der Waals surface area contributed by atoms with Crippen molar-refractivity contribution >= 4 is 7.28 Å². The zero-order chi connectivity index (χ0) is 23.0. The molecule has 1 aliphatic rings. The van der Waals surface area contributed by atoms with Gasteiger partial charge >= 0.3 is 0 Å². The Kier molecular flexibility index (Phi) is 22.8. The second-order valence-electron chi connectivity index (χ2n) is 11.5. The Hall–Kier alpha value is 0.0649. The van der Waals surface area contributed by atoms with Gasteiger partial charge < -0.3 is 0 Å². The average molecular weight is 447 g/mol. The van der Waals surface area contributed by atoms with E-state index in [-0.39, 0.29) is 0 Å². The Morgan fingerprint density at radius 3 is 1.22 bits per heavy atom. The lowest BCUT2D eigenvalue weighted by molar-refractivity contribution is 0.515. The first kappa shape index (κ1) is 30.1. The van der Waals surface area contributed by atoms with Crippen molar-refractivity contribution < 1.29 is 0 Å². The van der Waals surface area contributed by atoms with Crippen LogP contribution in [0.1, 0.15) is 187 Å². The highest BCUT2D eigenvalue weighted by Crippen LogP contribution is 2.32. The fourth-order valence-corrected chi connectivity index (χ4v) is 6.12. The first-order chi connectivity index (χ1) is 15.9. The van der Waals surface area contributed by atoms with E-state index < -0.39 is 0 Å². The second-order valence-corrected chi connectivity index (χ2v) is 11.5. The monoisotopic (exact) mass is 447 g/mol. The third kappa shape index (κ3) is 19.5. The molecule has 0 aromatic carbocycles. The largest absolute Gasteiger partial charge is 0.127 e. The molecule has 0 heterocycles. The van der Waals surface area contributed by atoms with Crippen LogP contribution in [0.25, 0.3) is 0 Å². The molecule has 0 N–H and O–H groups in total. The molecule has 1 heteroatoms. The Morgan fingerprint density at radius 1 is 0.469 bits per heavy atom. The quantitative estimate of drug-likeness (QED) is 0.173. The maximum absolute atomic E-state index is 2.34. The van der Waals surface area contributed by atoms with E-state index in [1.165, 1.54) is 161 Å². The van der Waals surface area contributed by atoms with Crippen molar-refractivity contribution in [3.8, 4) is 0 Å². The minimum atomic E-state index is 1.04. The van der Waals surface area contributed by atoms with E-state index in [0.717, 1.165) is 11.6 Å². The molecule has 0 aromatic heterocycles. The summed E-state index contributed by atoms with van der Waals surface area (Å²) in [6.45, 7) is 4.68. The van der Waals surface area contributed by atoms with Crippen LogP contribution in [-0.2, 0) is 0 Å². The lowest BCUT2D eigenvalue weighted by atomic mass is 9.50. The smallest absolute Gasteiger partial charge is 0.0654 e. The zero-order valence-electron chi connectivity index (χ0n) is 23.0. The topological polar surface area (TPSA) is 0 Å². The van der Waals surface area contributed by atoms with Gasteiger partial charge in [0.2, 0.25) is 0 Å². The fraction of sp³-hybridized carbons (Fsp3) is 1.00. The van der Waals surface area contributed by atoms with Crippen molar-refractivity contribution in [1.29, 1.82) is 0 Å². The summed E-state index contributed by atoms with van der Waals surface area (Å²) in [7, 11) is 1.57. The first-order valence-electron chi connectivity index (χ1n) is 15.9. The van der Waals surface area contributed by atoms with Gasteiger partial charge in [0.1, 0.15) is 7.28 Å². The number of rotatable bonds is 15. The molecule has 0 spiro atoms. The summed E-state index contributed by atoms with van der Waals surface area (Å²) < 4.78 is 0. The first-order valence-corrected chi connectivity index (χ1v) is 15.9. The van der Waals surface area contributed by atoms with Gasteiger partial charge in [0, 0.05) is 0 Å². The van der Waals surface area contributed by atoms with E-state index in [0.29, 0.717) is 0 Å². The van der Waals surface area contributed by atoms with Gasteiger partial charge in [-0.15, -0.1) is 0 Å². The highest BCUT2D eigenvalue weighted by Gasteiger charge is 2.18. The molecule has 0 radical (unpaired) electrons. The molecule has 190 valence electrons. The maximum atomic E-state index is 2.34. The summed E-state index contributed by atoms with van der Waals surface area (Å²) in [5.74, 6) is 2.08. The van der Waals surface area contributed by atoms with Gasteiger partial charge in [-0.3, -0.25) is 0 Å². The van der Waals surface area contributed by atoms with Crippen LogP contribution in [0.4, 0.5) is 0 Å². The van der Waals surface area contributed by atoms with Crippen molar-refractivity contribution in [2.75, 3.05) is 0 Å². The lowest BCUT2D eigenvalue weighted by Crippen LogP contribution is -2.13. The zero-order valence-corrected chi connectivity index (χ0v) is 23.0. The molecule has 32 heavy (non-hydrogen) atoms. The fourth-order valence-electron chi connectivity index (χ4n) is 6.12. The van der Waals surface area contributed by atoms with Crippen LogP contribution >= 0.6 is 0 Å². The van der Waals surface area contributed by atoms with Crippen LogP contribution in [0.2, 0.25) is 11.6 Å². The third-order valence-corrected chi connectivity index (χ3v) is 8.32. The normalized spacial score (nSPS) is 19.2. The molecule has 0 aliphatic heterocycles. The highest BCUT2D eigenvalue weighted by atomic mass is 14.1. The van der Waals surface area contributed by atoms with E-state index in [9.17, 15) is 0 Å². The van der Waals surface area contributed by atoms with Crippen LogP contribution in [0.15, 0.2) is 0 Å². The maximum Gasteiger partial charge on any atom is 0.127 e. The van der Waals surface area contributed by atoms with Crippen molar-refractivity contribution in [1.82, 2.24) is 0 Å². The average Bonchev–Trinajstić information content (AvgIpc) is 2.81. The van der Waals surface area contributed by atoms with Crippen LogP contribution < -0.4 is 0 Å². The molecule has 1 atom stereocenters. The van der Waals surface area contributed by atoms with E-state index in [1.54, 1.807) is 20.1 Å². The minimum absolute atomic E-state index is 1.04. The van der Waals surface area contributed by atoms with Crippen LogP contribution in [0.3, 0.4) is 0 Å². The molecular formula is C31H63B. The molecule has 0 saturated heterocycles. The molecule has 0 bridgehead atoms. The number of hydrogen-bond donors (Lipinski definition) is 0. The molecule has 1 unspecified atom stereocenters. The Labute approximate surface area is 206 Å². The molecule has 1 saturated carbocycles. The minimum Gasteiger partial charge on any atom is -0.0654 e. The highest BCUT2D eigenvalue weighted by molar-refractivity contribution is 6.39. The Bertz CT molecular complexity index is 336. The van der Waals surface area contributed by atoms with Crippen LogP contribution in [0, 0.1) is 0 Å². The summed E-state index contributed by atoms with van der Waals surface area (Å²) in [5.41, 5.74) is 0. The molecule has 1 fully saturated rings. The number of hydrogen-bond acceptors (Lipinski definition) is 0. The standard InChI is InChI=1S/C31H63B/c1-3-5-7-9-19-23-27-30(26-22-18-8-6-4-2)32-31-28-24-20-16-14-12-10-11-13-15-17-21-25-29-31/h30-32H,3-29H2,1-2H3. The van der Waals surface area contributed by atoms with Gasteiger partial charge in [-0.25, -0.2) is 0 Å². The van der Waals surface area contributed by atoms with Gasteiger partial charge in [0.25, 0.3) is 0 Å². The molecular weight excluding hydrogens is 383 g/mol. The predicted molar refractivity (Wildman–Crippen MR) is 151 cm³/mol. The van der Waals surface area contributed by atoms with Crippen LogP contribution in [-0.4, -0.2) is 7.28 Å². The van der Waals surface area contributed by atoms with E-state index in [1.807, 2.05) is 0 Å². The van der Waals surface area contributed by atoms with E-state index in [4.69, 9.17) is 0 Å². The van der Waals surface area contributed by atoms with E-state index in [2.05, 4.69) is 13.8 Å². The van der Waals surface area contributed by atoms with Crippen molar-refractivity contribution in [3.63, 3.8) is 0 Å². The summed E-state index contributed by atoms with van der Waals surface area (Å²) in [6.07, 6.45) is 40.3. The van der Waals surface area contributed by atoms with E-state index >= 15 is 0 Å². The van der Waals surface area contributed by atoms with Crippen molar-refractivity contribution in [3.05, 3.63) is 0 Å². The van der Waals surface area contributed by atoms with Crippen molar-refractivity contribution in [2.45, 2.75) is 199 Å². The summed E-state index contributed by atoms with van der Waals surface area (Å²) in [4.78, 5) is 0. The molecule has 1 rings (SSSR count). The Morgan fingerprint density at radius 2 is 0.812 bits per heavy atom. The molecule has 0 amide bonds. The molecule has 1 aliphatic carbocycles. The summed E-state index contributed by atoms with van der Waals surface area (Å²) >= 11 is 0. The predicted octanol–water partition coefficient (Wildman–Crippen LogP) is 11.6. The van der Waals surface area contributed by atoms with Crippen molar-refractivity contribution in [2.24, 2.45) is 0 Å². The lowest BCUT2D eigenvalue weighted by Gasteiger charge is -2.23. The van der Waals surface area contributed by atoms with Gasteiger partial charge in [-0.1, -0.05) is 199 Å². The SMILES string of the molecule is CCCCCCCCC(BC1CCCCCCCCCCCCCC1)CCCCCCC. The Balaban J connectivity index is 2.45. The summed E-state index contributed by atoms with van der Waals surface area (Å²) in [5, 5.41) is 0. The number of unbranched alkanes of at least 4 members (excludes halogenated alkanes) is 9. The molecule has 0 nitrogen and oxygen atoms in total. The van der Waals surface area contributed by atoms with Gasteiger partial charge in [-0.05, 0) is 0 Å².